The lowest BCUT2D eigenvalue weighted by atomic mass is 9.67. The van der Waals surface area contributed by atoms with E-state index in [9.17, 15) is 9.90 Å². The minimum Gasteiger partial charge on any atom is -0.507 e. The third-order valence-corrected chi connectivity index (χ3v) is 7.29. The fraction of sp³-hybridized carbons (Fsp3) is 0.654. The average Bonchev–Trinajstić information content (AvgIpc) is 2.73. The van der Waals surface area contributed by atoms with Gasteiger partial charge in [-0.1, -0.05) is 31.4 Å². The van der Waals surface area contributed by atoms with E-state index in [1.165, 1.54) is 5.57 Å². The van der Waals surface area contributed by atoms with Gasteiger partial charge < -0.3 is 19.5 Å². The van der Waals surface area contributed by atoms with E-state index in [1.807, 2.05) is 11.0 Å². The van der Waals surface area contributed by atoms with Crippen LogP contribution in [0.25, 0.3) is 0 Å². The van der Waals surface area contributed by atoms with Crippen molar-refractivity contribution in [3.8, 4) is 11.5 Å². The Balaban J connectivity index is 1.83. The highest BCUT2D eigenvalue weighted by Gasteiger charge is 2.46. The van der Waals surface area contributed by atoms with Crippen LogP contribution in [0.15, 0.2) is 17.7 Å². The zero-order valence-corrected chi connectivity index (χ0v) is 19.5. The van der Waals surface area contributed by atoms with Crippen LogP contribution < -0.4 is 4.74 Å². The Kier molecular flexibility index (Phi) is 6.34. The first-order valence-electron chi connectivity index (χ1n) is 12.0. The Hall–Kier alpha value is -2.01. The molecule has 1 amide bonds. The predicted molar refractivity (Wildman–Crippen MR) is 122 cm³/mol. The first kappa shape index (κ1) is 22.2. The molecule has 0 aromatic heterocycles. The van der Waals surface area contributed by atoms with Crippen molar-refractivity contribution in [1.82, 2.24) is 4.90 Å². The van der Waals surface area contributed by atoms with E-state index < -0.39 is 0 Å². The summed E-state index contributed by atoms with van der Waals surface area (Å²) in [5, 5.41) is 11.6. The van der Waals surface area contributed by atoms with Crippen molar-refractivity contribution in [2.24, 2.45) is 5.92 Å². The molecule has 0 saturated carbocycles. The Bertz CT molecular complexity index is 867. The maximum atomic E-state index is 13.6. The predicted octanol–water partition coefficient (Wildman–Crippen LogP) is 5.21. The molecule has 2 aliphatic heterocycles. The third kappa shape index (κ3) is 4.21. The van der Waals surface area contributed by atoms with Crippen LogP contribution in [0.5, 0.6) is 11.5 Å². The summed E-state index contributed by atoms with van der Waals surface area (Å²) in [7, 11) is 0. The molecule has 1 aliphatic carbocycles. The number of aromatic hydroxyl groups is 1. The van der Waals surface area contributed by atoms with E-state index in [1.54, 1.807) is 0 Å². The number of ether oxygens (including phenoxy) is 2. The summed E-state index contributed by atoms with van der Waals surface area (Å²) in [4.78, 5) is 15.4. The van der Waals surface area contributed by atoms with Crippen molar-refractivity contribution in [3.63, 3.8) is 0 Å². The number of phenols is 1. The summed E-state index contributed by atoms with van der Waals surface area (Å²) in [6.07, 6.45) is 8.35. The van der Waals surface area contributed by atoms with E-state index in [-0.39, 0.29) is 29.1 Å². The quantitative estimate of drug-likeness (QED) is 0.518. The number of hydrogen-bond acceptors (Lipinski definition) is 4. The first-order valence-corrected chi connectivity index (χ1v) is 12.0. The number of fused-ring (bicyclic) bond motifs is 3. The van der Waals surface area contributed by atoms with Gasteiger partial charge in [-0.15, -0.1) is 0 Å². The molecule has 3 aliphatic rings. The second-order valence-corrected chi connectivity index (χ2v) is 9.92. The van der Waals surface area contributed by atoms with Crippen molar-refractivity contribution >= 4 is 5.91 Å². The van der Waals surface area contributed by atoms with Crippen molar-refractivity contribution in [2.45, 2.75) is 77.7 Å². The lowest BCUT2D eigenvalue weighted by molar-refractivity contribution is 0.0105. The molecule has 1 saturated heterocycles. The van der Waals surface area contributed by atoms with Crippen LogP contribution in [-0.2, 0) is 11.2 Å². The molecular weight excluding hydrogens is 390 g/mol. The minimum atomic E-state index is -0.308. The molecule has 0 spiro atoms. The molecule has 2 atom stereocenters. The van der Waals surface area contributed by atoms with Gasteiger partial charge >= 0.3 is 0 Å². The van der Waals surface area contributed by atoms with Gasteiger partial charge in [-0.3, -0.25) is 4.79 Å². The minimum absolute atomic E-state index is 0.0759. The molecular formula is C26H37NO4. The number of unbranched alkanes of at least 4 members (excludes halogenated alkanes) is 2. The van der Waals surface area contributed by atoms with Gasteiger partial charge in [0.1, 0.15) is 17.1 Å². The van der Waals surface area contributed by atoms with Gasteiger partial charge in [-0.25, -0.2) is 0 Å². The van der Waals surface area contributed by atoms with Gasteiger partial charge in [0, 0.05) is 30.5 Å². The van der Waals surface area contributed by atoms with Gasteiger partial charge in [0.25, 0.3) is 5.91 Å². The van der Waals surface area contributed by atoms with Crippen LogP contribution in [0.4, 0.5) is 0 Å². The summed E-state index contributed by atoms with van der Waals surface area (Å²) >= 11 is 0. The topological polar surface area (TPSA) is 59.0 Å². The lowest BCUT2D eigenvalue weighted by Crippen LogP contribution is -2.45. The molecule has 5 heteroatoms. The van der Waals surface area contributed by atoms with Gasteiger partial charge in [-0.05, 0) is 58.1 Å². The standard InChI is InChI=1S/C26H37NO4/c1-5-6-7-8-18-16-21-23(19-15-17(2)9-10-20(19)26(3,4)31-21)24(28)22(18)25(29)27-11-13-30-14-12-27/h15-16,19-20,28H,5-14H2,1-4H3. The average molecular weight is 428 g/mol. The molecule has 2 heterocycles. The number of rotatable bonds is 5. The maximum absolute atomic E-state index is 13.6. The van der Waals surface area contributed by atoms with E-state index in [0.717, 1.165) is 55.4 Å². The van der Waals surface area contributed by atoms with Crippen LogP contribution in [0, 0.1) is 5.92 Å². The second-order valence-electron chi connectivity index (χ2n) is 9.92. The summed E-state index contributed by atoms with van der Waals surface area (Å²) in [5.74, 6) is 1.17. The van der Waals surface area contributed by atoms with Crippen molar-refractivity contribution in [2.75, 3.05) is 26.3 Å². The molecule has 31 heavy (non-hydrogen) atoms. The summed E-state index contributed by atoms with van der Waals surface area (Å²) in [6, 6.07) is 2.05. The molecule has 4 rings (SSSR count). The number of aryl methyl sites for hydroxylation is 1. The number of phenolic OH excluding ortho intramolecular Hbond substituents is 1. The first-order chi connectivity index (χ1) is 14.8. The Morgan fingerprint density at radius 3 is 2.71 bits per heavy atom. The van der Waals surface area contributed by atoms with Crippen LogP contribution in [0.2, 0.25) is 0 Å². The van der Waals surface area contributed by atoms with E-state index in [4.69, 9.17) is 9.47 Å². The van der Waals surface area contributed by atoms with E-state index in [2.05, 4.69) is 33.8 Å². The number of allylic oxidation sites excluding steroid dienone is 2. The van der Waals surface area contributed by atoms with Crippen LogP contribution >= 0.6 is 0 Å². The van der Waals surface area contributed by atoms with Crippen molar-refractivity contribution in [3.05, 3.63) is 34.4 Å². The number of carbonyl (C=O) groups is 1. The molecule has 0 bridgehead atoms. The van der Waals surface area contributed by atoms with E-state index in [0.29, 0.717) is 31.9 Å². The smallest absolute Gasteiger partial charge is 0.258 e. The van der Waals surface area contributed by atoms with Crippen molar-refractivity contribution < 1.29 is 19.4 Å². The van der Waals surface area contributed by atoms with Crippen LogP contribution in [0.1, 0.15) is 87.2 Å². The number of amides is 1. The Labute approximate surface area is 186 Å². The molecule has 5 nitrogen and oxygen atoms in total. The Morgan fingerprint density at radius 1 is 1.26 bits per heavy atom. The van der Waals surface area contributed by atoms with Gasteiger partial charge in [-0.2, -0.15) is 0 Å². The monoisotopic (exact) mass is 427 g/mol. The van der Waals surface area contributed by atoms with Crippen LogP contribution in [0.3, 0.4) is 0 Å². The normalized spacial score (nSPS) is 24.6. The fourth-order valence-corrected chi connectivity index (χ4v) is 5.54. The fourth-order valence-electron chi connectivity index (χ4n) is 5.54. The second kappa shape index (κ2) is 8.85. The molecule has 1 aromatic carbocycles. The van der Waals surface area contributed by atoms with Gasteiger partial charge in [0.2, 0.25) is 0 Å². The van der Waals surface area contributed by atoms with E-state index >= 15 is 0 Å². The highest BCUT2D eigenvalue weighted by atomic mass is 16.5. The molecule has 1 aromatic rings. The number of nitrogens with zero attached hydrogens (tertiary/aromatic N) is 1. The molecule has 2 unspecified atom stereocenters. The zero-order chi connectivity index (χ0) is 22.2. The molecule has 1 N–H and O–H groups in total. The highest BCUT2D eigenvalue weighted by Crippen LogP contribution is 2.54. The molecule has 0 radical (unpaired) electrons. The SMILES string of the molecule is CCCCCc1cc2c(c(O)c1C(=O)N1CCOCC1)C1C=C(C)CCC1C(C)(C)O2. The molecule has 1 fully saturated rings. The number of hydrogen-bond donors (Lipinski definition) is 1. The van der Waals surface area contributed by atoms with Crippen LogP contribution in [-0.4, -0.2) is 47.8 Å². The zero-order valence-electron chi connectivity index (χ0n) is 19.5. The maximum Gasteiger partial charge on any atom is 0.258 e. The van der Waals surface area contributed by atoms with Crippen molar-refractivity contribution in [1.29, 1.82) is 0 Å². The Morgan fingerprint density at radius 2 is 2.00 bits per heavy atom. The summed E-state index contributed by atoms with van der Waals surface area (Å²) < 4.78 is 11.9. The summed E-state index contributed by atoms with van der Waals surface area (Å²) in [5.41, 5.74) is 3.23. The largest absolute Gasteiger partial charge is 0.507 e. The lowest BCUT2D eigenvalue weighted by Gasteiger charge is -2.46. The van der Waals surface area contributed by atoms with Gasteiger partial charge in [0.05, 0.1) is 18.8 Å². The number of morpholine rings is 1. The molecule has 170 valence electrons. The van der Waals surface area contributed by atoms with Gasteiger partial charge in [0.15, 0.2) is 0 Å². The highest BCUT2D eigenvalue weighted by molar-refractivity contribution is 5.99. The summed E-state index contributed by atoms with van der Waals surface area (Å²) in [6.45, 7) is 10.9. The number of carbonyl (C=O) groups excluding carboxylic acids is 1. The third-order valence-electron chi connectivity index (χ3n) is 7.29. The number of benzene rings is 1.